The summed E-state index contributed by atoms with van der Waals surface area (Å²) in [6, 6.07) is 1.93. The summed E-state index contributed by atoms with van der Waals surface area (Å²) < 4.78 is 57.5. The highest BCUT2D eigenvalue weighted by molar-refractivity contribution is 5.68. The Kier molecular flexibility index (Phi) is 5.24. The molecule has 0 aromatic carbocycles. The second-order valence-corrected chi connectivity index (χ2v) is 7.20. The maximum atomic E-state index is 14.9. The summed E-state index contributed by atoms with van der Waals surface area (Å²) in [5, 5.41) is 6.58. The molecule has 140 valence electrons. The smallest absolute Gasteiger partial charge is 0.435 e. The van der Waals surface area contributed by atoms with Gasteiger partial charge in [-0.15, -0.1) is 5.10 Å². The van der Waals surface area contributed by atoms with E-state index in [0.717, 1.165) is 12.1 Å². The molecular weight excluding hydrogens is 342 g/mol. The number of halogens is 4. The van der Waals surface area contributed by atoms with Crippen LogP contribution in [0.2, 0.25) is 0 Å². The fourth-order valence-electron chi connectivity index (χ4n) is 2.52. The van der Waals surface area contributed by atoms with Crippen LogP contribution in [0, 0.1) is 0 Å². The van der Waals surface area contributed by atoms with Crippen molar-refractivity contribution in [2.45, 2.75) is 57.5 Å². The van der Waals surface area contributed by atoms with Crippen molar-refractivity contribution in [1.29, 1.82) is 0 Å². The number of rotatable bonds is 2. The van der Waals surface area contributed by atoms with Crippen LogP contribution in [0.1, 0.15) is 45.0 Å². The Balaban J connectivity index is 1.93. The molecule has 0 atom stereocenters. The quantitative estimate of drug-likeness (QED) is 0.751. The van der Waals surface area contributed by atoms with E-state index in [2.05, 4.69) is 10.2 Å². The fraction of sp³-hybridized carbons (Fsp3) is 0.688. The van der Waals surface area contributed by atoms with E-state index in [0.29, 0.717) is 0 Å². The number of alkyl halides is 4. The number of aromatic nitrogens is 2. The van der Waals surface area contributed by atoms with Gasteiger partial charge in [0.1, 0.15) is 11.3 Å². The van der Waals surface area contributed by atoms with Gasteiger partial charge in [0.15, 0.2) is 5.69 Å². The molecule has 0 spiro atoms. The van der Waals surface area contributed by atoms with E-state index in [-0.39, 0.29) is 38.0 Å². The van der Waals surface area contributed by atoms with Crippen LogP contribution in [-0.2, 0) is 17.3 Å². The zero-order chi connectivity index (χ0) is 18.9. The minimum atomic E-state index is -4.57. The molecule has 25 heavy (non-hydrogen) atoms. The third kappa shape index (κ3) is 5.54. The third-order valence-electron chi connectivity index (χ3n) is 3.82. The molecule has 1 aromatic heterocycles. The Morgan fingerprint density at radius 1 is 1.20 bits per heavy atom. The summed E-state index contributed by atoms with van der Waals surface area (Å²) >= 11 is 0. The number of likely N-dealkylation sites (tertiary alicyclic amines) is 1. The van der Waals surface area contributed by atoms with E-state index in [4.69, 9.17) is 4.74 Å². The van der Waals surface area contributed by atoms with Crippen LogP contribution in [0.15, 0.2) is 12.1 Å². The largest absolute Gasteiger partial charge is 0.444 e. The molecule has 2 rings (SSSR count). The van der Waals surface area contributed by atoms with E-state index in [9.17, 15) is 22.4 Å². The van der Waals surface area contributed by atoms with Crippen molar-refractivity contribution in [3.8, 4) is 0 Å². The van der Waals surface area contributed by atoms with Crippen LogP contribution in [0.5, 0.6) is 0 Å². The summed E-state index contributed by atoms with van der Waals surface area (Å²) in [6.07, 6.45) is -5.08. The molecular formula is C16H21F4N3O2. The van der Waals surface area contributed by atoms with Gasteiger partial charge in [-0.3, -0.25) is 0 Å². The zero-order valence-corrected chi connectivity index (χ0v) is 14.4. The van der Waals surface area contributed by atoms with Crippen molar-refractivity contribution in [2.75, 3.05) is 13.1 Å². The normalized spacial score (nSPS) is 18.1. The molecule has 1 amide bonds. The van der Waals surface area contributed by atoms with Crippen molar-refractivity contribution in [3.63, 3.8) is 0 Å². The van der Waals surface area contributed by atoms with Crippen LogP contribution < -0.4 is 0 Å². The van der Waals surface area contributed by atoms with Gasteiger partial charge in [0, 0.05) is 19.5 Å². The zero-order valence-electron chi connectivity index (χ0n) is 14.4. The second-order valence-electron chi connectivity index (χ2n) is 7.20. The second kappa shape index (κ2) is 6.76. The van der Waals surface area contributed by atoms with Gasteiger partial charge < -0.3 is 9.64 Å². The molecule has 1 saturated heterocycles. The Bertz CT molecular complexity index is 603. The van der Waals surface area contributed by atoms with Crippen LogP contribution in [-0.4, -0.2) is 45.5 Å². The van der Waals surface area contributed by atoms with E-state index in [1.54, 1.807) is 20.8 Å². The number of ether oxygens (including phenoxy) is 1. The molecule has 0 unspecified atom stereocenters. The Morgan fingerprint density at radius 2 is 1.80 bits per heavy atom. The number of nitrogens with zero attached hydrogens (tertiary/aromatic N) is 3. The monoisotopic (exact) mass is 363 g/mol. The molecule has 9 heteroatoms. The first-order valence-corrected chi connectivity index (χ1v) is 7.95. The first-order valence-electron chi connectivity index (χ1n) is 7.95. The number of carbonyl (C=O) groups excluding carboxylic acids is 1. The van der Waals surface area contributed by atoms with Gasteiger partial charge in [-0.2, -0.15) is 18.3 Å². The summed E-state index contributed by atoms with van der Waals surface area (Å²) in [5.41, 5.74) is -3.21. The molecule has 0 radical (unpaired) electrons. The van der Waals surface area contributed by atoms with Gasteiger partial charge in [0.2, 0.25) is 0 Å². The van der Waals surface area contributed by atoms with E-state index in [1.807, 2.05) is 0 Å². The third-order valence-corrected chi connectivity index (χ3v) is 3.82. The number of carbonyl (C=O) groups is 1. The molecule has 0 aliphatic carbocycles. The molecule has 2 heterocycles. The Hall–Kier alpha value is -1.93. The van der Waals surface area contributed by atoms with Crippen molar-refractivity contribution in [3.05, 3.63) is 23.5 Å². The highest BCUT2D eigenvalue weighted by Crippen LogP contribution is 2.31. The summed E-state index contributed by atoms with van der Waals surface area (Å²) in [6.45, 7) is 5.60. The van der Waals surface area contributed by atoms with Crippen LogP contribution in [0.3, 0.4) is 0 Å². The van der Waals surface area contributed by atoms with Crippen LogP contribution in [0.25, 0.3) is 0 Å². The highest BCUT2D eigenvalue weighted by Gasteiger charge is 2.38. The first-order chi connectivity index (χ1) is 11.4. The first kappa shape index (κ1) is 19.4. The minimum absolute atomic E-state index is 0.0644. The molecule has 1 fully saturated rings. The van der Waals surface area contributed by atoms with E-state index >= 15 is 0 Å². The molecule has 1 aliphatic rings. The SMILES string of the molecule is CC(C)(C)OC(=O)N1CCC(F)(Cc2ccc(C(F)(F)F)nn2)CC1. The summed E-state index contributed by atoms with van der Waals surface area (Å²) in [7, 11) is 0. The van der Waals surface area contributed by atoms with Crippen LogP contribution >= 0.6 is 0 Å². The Labute approximate surface area is 143 Å². The lowest BCUT2D eigenvalue weighted by Gasteiger charge is -2.36. The molecule has 0 N–H and O–H groups in total. The van der Waals surface area contributed by atoms with Crippen molar-refractivity contribution in [1.82, 2.24) is 15.1 Å². The topological polar surface area (TPSA) is 55.3 Å². The van der Waals surface area contributed by atoms with Gasteiger partial charge in [-0.1, -0.05) is 0 Å². The molecule has 0 saturated carbocycles. The lowest BCUT2D eigenvalue weighted by Crippen LogP contribution is -2.47. The standard InChI is InChI=1S/C16H21F4N3O2/c1-14(2,3)25-13(24)23-8-6-15(17,7-9-23)10-11-4-5-12(22-21-11)16(18,19)20/h4-5H,6-10H2,1-3H3. The maximum Gasteiger partial charge on any atom is 0.435 e. The summed E-state index contributed by atoms with van der Waals surface area (Å²) in [4.78, 5) is 13.4. The van der Waals surface area contributed by atoms with E-state index < -0.39 is 29.2 Å². The molecule has 1 aromatic rings. The van der Waals surface area contributed by atoms with Gasteiger partial charge >= 0.3 is 12.3 Å². The number of hydrogen-bond acceptors (Lipinski definition) is 4. The van der Waals surface area contributed by atoms with Crippen molar-refractivity contribution < 1.29 is 27.1 Å². The lowest BCUT2D eigenvalue weighted by molar-refractivity contribution is -0.141. The average Bonchev–Trinajstić information content (AvgIpc) is 2.45. The Morgan fingerprint density at radius 3 is 2.24 bits per heavy atom. The molecule has 5 nitrogen and oxygen atoms in total. The number of hydrogen-bond donors (Lipinski definition) is 0. The minimum Gasteiger partial charge on any atom is -0.444 e. The van der Waals surface area contributed by atoms with Gasteiger partial charge in [-0.25, -0.2) is 9.18 Å². The molecule has 0 bridgehead atoms. The molecule has 1 aliphatic heterocycles. The number of piperidine rings is 1. The fourth-order valence-corrected chi connectivity index (χ4v) is 2.52. The number of amides is 1. The van der Waals surface area contributed by atoms with Gasteiger partial charge in [0.25, 0.3) is 0 Å². The average molecular weight is 363 g/mol. The van der Waals surface area contributed by atoms with Gasteiger partial charge in [-0.05, 0) is 45.7 Å². The lowest BCUT2D eigenvalue weighted by atomic mass is 9.89. The van der Waals surface area contributed by atoms with Crippen molar-refractivity contribution >= 4 is 6.09 Å². The predicted molar refractivity (Wildman–Crippen MR) is 81.6 cm³/mol. The van der Waals surface area contributed by atoms with Crippen LogP contribution in [0.4, 0.5) is 22.4 Å². The van der Waals surface area contributed by atoms with Crippen molar-refractivity contribution in [2.24, 2.45) is 0 Å². The summed E-state index contributed by atoms with van der Waals surface area (Å²) in [5.74, 6) is 0. The maximum absolute atomic E-state index is 14.9. The van der Waals surface area contributed by atoms with Gasteiger partial charge in [0.05, 0.1) is 5.69 Å². The van der Waals surface area contributed by atoms with E-state index in [1.165, 1.54) is 4.90 Å². The highest BCUT2D eigenvalue weighted by atomic mass is 19.4. The predicted octanol–water partition coefficient (Wildman–Crippen LogP) is 3.78.